The first-order valence-corrected chi connectivity index (χ1v) is 10.1. The minimum Gasteiger partial charge on any atom is -0.466 e. The van der Waals surface area contributed by atoms with Gasteiger partial charge in [-0.15, -0.1) is 0 Å². The molecule has 0 radical (unpaired) electrons. The van der Waals surface area contributed by atoms with E-state index in [1.54, 1.807) is 20.8 Å². The van der Waals surface area contributed by atoms with Gasteiger partial charge in [-0.25, -0.2) is 12.7 Å². The highest BCUT2D eigenvalue weighted by Crippen LogP contribution is 2.37. The monoisotopic (exact) mass is 410 g/mol. The van der Waals surface area contributed by atoms with Crippen molar-refractivity contribution < 1.29 is 27.7 Å². The molecule has 0 N–H and O–H groups in total. The van der Waals surface area contributed by atoms with Crippen molar-refractivity contribution in [3.05, 3.63) is 45.5 Å². The molecule has 0 unspecified atom stereocenters. The number of carbonyl (C=O) groups excluding carboxylic acids is 2. The normalized spacial score (nSPS) is 20.3. The van der Waals surface area contributed by atoms with Gasteiger partial charge >= 0.3 is 5.97 Å². The lowest BCUT2D eigenvalue weighted by Crippen LogP contribution is -2.52. The second-order valence-corrected chi connectivity index (χ2v) is 8.29. The molecule has 9 nitrogen and oxygen atoms in total. The number of benzene rings is 1. The summed E-state index contributed by atoms with van der Waals surface area (Å²) in [5, 5.41) is 11.3. The molecule has 1 aliphatic rings. The molecule has 152 valence electrons. The van der Waals surface area contributed by atoms with E-state index < -0.39 is 49.4 Å². The molecule has 0 bridgehead atoms. The van der Waals surface area contributed by atoms with E-state index in [9.17, 15) is 28.1 Å². The van der Waals surface area contributed by atoms with E-state index in [1.165, 1.54) is 19.1 Å². The third-order valence-electron chi connectivity index (χ3n) is 4.95. The molecule has 0 saturated carbocycles. The first-order chi connectivity index (χ1) is 13.0. The Hall–Kier alpha value is -2.75. The zero-order valence-electron chi connectivity index (χ0n) is 16.0. The van der Waals surface area contributed by atoms with Crippen LogP contribution in [0.15, 0.2) is 40.3 Å². The minimum absolute atomic E-state index is 0.110. The maximum atomic E-state index is 13.3. The number of hydrogen-bond acceptors (Lipinski definition) is 7. The SMILES string of the molecule is CCOC(=O)C[C@@H]1[C@@H](C)C(C)=C(C)C(=O)N1S(=O)(=O)c1ccccc1[N+](=O)[O-]. The van der Waals surface area contributed by atoms with Crippen LogP contribution in [0.4, 0.5) is 5.69 Å². The highest BCUT2D eigenvalue weighted by atomic mass is 32.2. The second-order valence-electron chi connectivity index (χ2n) is 6.50. The maximum Gasteiger partial charge on any atom is 0.307 e. The average molecular weight is 410 g/mol. The summed E-state index contributed by atoms with van der Waals surface area (Å²) in [6.45, 7) is 6.63. The van der Waals surface area contributed by atoms with Crippen molar-refractivity contribution in [1.82, 2.24) is 4.31 Å². The van der Waals surface area contributed by atoms with E-state index in [-0.39, 0.29) is 18.6 Å². The molecule has 0 saturated heterocycles. The van der Waals surface area contributed by atoms with Crippen molar-refractivity contribution in [2.24, 2.45) is 5.92 Å². The molecule has 0 aliphatic carbocycles. The molecule has 2 atom stereocenters. The number of ether oxygens (including phenoxy) is 1. The van der Waals surface area contributed by atoms with Crippen molar-refractivity contribution in [1.29, 1.82) is 0 Å². The van der Waals surface area contributed by atoms with Crippen LogP contribution in [-0.2, 0) is 24.3 Å². The summed E-state index contributed by atoms with van der Waals surface area (Å²) in [7, 11) is -4.59. The van der Waals surface area contributed by atoms with Gasteiger partial charge in [0.05, 0.1) is 24.0 Å². The van der Waals surface area contributed by atoms with E-state index in [0.717, 1.165) is 12.1 Å². The summed E-state index contributed by atoms with van der Waals surface area (Å²) >= 11 is 0. The van der Waals surface area contributed by atoms with Gasteiger partial charge in [0.15, 0.2) is 4.90 Å². The lowest BCUT2D eigenvalue weighted by molar-refractivity contribution is -0.387. The Morgan fingerprint density at radius 1 is 1.29 bits per heavy atom. The molecule has 1 aromatic rings. The average Bonchev–Trinajstić information content (AvgIpc) is 2.64. The van der Waals surface area contributed by atoms with Crippen molar-refractivity contribution in [2.75, 3.05) is 6.61 Å². The molecule has 1 aromatic carbocycles. The van der Waals surface area contributed by atoms with Gasteiger partial charge in [-0.05, 0) is 32.8 Å². The minimum atomic E-state index is -4.59. The number of rotatable bonds is 6. The van der Waals surface area contributed by atoms with Gasteiger partial charge in [-0.3, -0.25) is 19.7 Å². The Morgan fingerprint density at radius 3 is 2.46 bits per heavy atom. The van der Waals surface area contributed by atoms with Gasteiger partial charge in [0, 0.05) is 11.6 Å². The summed E-state index contributed by atoms with van der Waals surface area (Å²) in [5.41, 5.74) is 0.254. The topological polar surface area (TPSA) is 124 Å². The van der Waals surface area contributed by atoms with Gasteiger partial charge < -0.3 is 4.74 Å². The van der Waals surface area contributed by atoms with Crippen LogP contribution in [0.5, 0.6) is 0 Å². The molecule has 1 aliphatic heterocycles. The number of nitrogens with zero attached hydrogens (tertiary/aromatic N) is 2. The van der Waals surface area contributed by atoms with Gasteiger partial charge in [0.1, 0.15) is 0 Å². The molecule has 0 aromatic heterocycles. The molecular formula is C18H22N2O7S. The number of para-hydroxylation sites is 1. The summed E-state index contributed by atoms with van der Waals surface area (Å²) < 4.78 is 32.1. The number of sulfonamides is 1. The molecule has 28 heavy (non-hydrogen) atoms. The van der Waals surface area contributed by atoms with Crippen molar-refractivity contribution in [3.8, 4) is 0 Å². The van der Waals surface area contributed by atoms with Crippen LogP contribution < -0.4 is 0 Å². The predicted molar refractivity (Wildman–Crippen MR) is 99.7 cm³/mol. The quantitative estimate of drug-likeness (QED) is 0.401. The summed E-state index contributed by atoms with van der Waals surface area (Å²) in [4.78, 5) is 34.9. The largest absolute Gasteiger partial charge is 0.466 e. The van der Waals surface area contributed by atoms with E-state index in [2.05, 4.69) is 0 Å². The Morgan fingerprint density at radius 2 is 1.89 bits per heavy atom. The van der Waals surface area contributed by atoms with Crippen molar-refractivity contribution >= 4 is 27.6 Å². The van der Waals surface area contributed by atoms with Crippen molar-refractivity contribution in [3.63, 3.8) is 0 Å². The van der Waals surface area contributed by atoms with Gasteiger partial charge in [-0.1, -0.05) is 24.6 Å². The lowest BCUT2D eigenvalue weighted by atomic mass is 9.85. The summed E-state index contributed by atoms with van der Waals surface area (Å²) in [6.07, 6.45) is -0.342. The highest BCUT2D eigenvalue weighted by molar-refractivity contribution is 7.89. The maximum absolute atomic E-state index is 13.3. The van der Waals surface area contributed by atoms with Crippen LogP contribution in [0, 0.1) is 16.0 Å². The summed E-state index contributed by atoms with van der Waals surface area (Å²) in [6, 6.07) is 3.77. The fraction of sp³-hybridized carbons (Fsp3) is 0.444. The fourth-order valence-electron chi connectivity index (χ4n) is 3.19. The van der Waals surface area contributed by atoms with Gasteiger partial charge in [0.2, 0.25) is 0 Å². The number of esters is 1. The lowest BCUT2D eigenvalue weighted by Gasteiger charge is -2.39. The highest BCUT2D eigenvalue weighted by Gasteiger charge is 2.46. The Labute approximate surface area is 163 Å². The molecule has 1 heterocycles. The van der Waals surface area contributed by atoms with E-state index in [4.69, 9.17) is 4.74 Å². The van der Waals surface area contributed by atoms with Crippen LogP contribution in [0.1, 0.15) is 34.1 Å². The molecule has 10 heteroatoms. The smallest absolute Gasteiger partial charge is 0.307 e. The summed E-state index contributed by atoms with van der Waals surface area (Å²) in [5.74, 6) is -1.91. The first kappa shape index (κ1) is 21.5. The third kappa shape index (κ3) is 3.77. The van der Waals surface area contributed by atoms with Crippen LogP contribution in [-0.4, -0.2) is 42.2 Å². The molecule has 1 amide bonds. The number of amides is 1. The number of nitro groups is 1. The molecular weight excluding hydrogens is 388 g/mol. The van der Waals surface area contributed by atoms with E-state index in [1.807, 2.05) is 0 Å². The first-order valence-electron chi connectivity index (χ1n) is 8.69. The number of nitro benzene ring substituents is 1. The number of carbonyl (C=O) groups is 2. The standard InChI is InChI=1S/C18H22N2O7S/c1-5-27-17(21)10-15-12(3)11(2)13(4)18(22)19(15)28(25,26)16-9-7-6-8-14(16)20(23)24/h6-9,12,15H,5,10H2,1-4H3/t12-,15+/m0/s1. The second kappa shape index (κ2) is 8.09. The van der Waals surface area contributed by atoms with Crippen LogP contribution >= 0.6 is 0 Å². The fourth-order valence-corrected chi connectivity index (χ4v) is 5.03. The van der Waals surface area contributed by atoms with Crippen molar-refractivity contribution in [2.45, 2.75) is 45.1 Å². The van der Waals surface area contributed by atoms with Gasteiger partial charge in [0.25, 0.3) is 21.6 Å². The van der Waals surface area contributed by atoms with Crippen LogP contribution in [0.25, 0.3) is 0 Å². The third-order valence-corrected chi connectivity index (χ3v) is 6.81. The Balaban J connectivity index is 2.65. The van der Waals surface area contributed by atoms with E-state index in [0.29, 0.717) is 9.88 Å². The number of hydrogen-bond donors (Lipinski definition) is 0. The van der Waals surface area contributed by atoms with Gasteiger partial charge in [-0.2, -0.15) is 0 Å². The molecule has 0 fully saturated rings. The predicted octanol–water partition coefficient (Wildman–Crippen LogP) is 2.42. The van der Waals surface area contributed by atoms with E-state index >= 15 is 0 Å². The Bertz CT molecular complexity index is 952. The Kier molecular flexibility index (Phi) is 6.23. The molecule has 2 rings (SSSR count). The zero-order chi connectivity index (χ0) is 21.2. The molecule has 0 spiro atoms. The zero-order valence-corrected chi connectivity index (χ0v) is 16.9. The van der Waals surface area contributed by atoms with Crippen LogP contribution in [0.2, 0.25) is 0 Å². The van der Waals surface area contributed by atoms with Crippen LogP contribution in [0.3, 0.4) is 0 Å².